The molecule has 0 saturated carbocycles. The molecule has 18 heavy (non-hydrogen) atoms. The molecule has 0 aliphatic rings. The van der Waals surface area contributed by atoms with E-state index in [1.807, 2.05) is 12.1 Å². The van der Waals surface area contributed by atoms with E-state index in [4.69, 9.17) is 33.7 Å². The number of nitrogens with two attached hydrogens (primary N) is 1. The molecule has 0 saturated heterocycles. The highest BCUT2D eigenvalue weighted by Gasteiger charge is 2.30. The van der Waals surface area contributed by atoms with Crippen LogP contribution in [0.2, 0.25) is 10.0 Å². The van der Waals surface area contributed by atoms with E-state index < -0.39 is 0 Å². The fraction of sp³-hybridized carbons (Fsp3) is 0.571. The van der Waals surface area contributed by atoms with E-state index in [0.717, 1.165) is 5.56 Å². The van der Waals surface area contributed by atoms with Crippen LogP contribution in [0.1, 0.15) is 26.3 Å². The molecule has 0 aliphatic heterocycles. The van der Waals surface area contributed by atoms with Gasteiger partial charge in [0.2, 0.25) is 0 Å². The maximum absolute atomic E-state index is 6.23. The summed E-state index contributed by atoms with van der Waals surface area (Å²) in [4.78, 5) is 0. The first-order valence-electron chi connectivity index (χ1n) is 5.98. The summed E-state index contributed by atoms with van der Waals surface area (Å²) in [5.74, 6) is 0. The summed E-state index contributed by atoms with van der Waals surface area (Å²) >= 11 is 11.9. The largest absolute Gasteiger partial charge is 0.379 e. The number of ether oxygens (including phenoxy) is 1. The number of hydrogen-bond acceptors (Lipinski definition) is 2. The Morgan fingerprint density at radius 3 is 2.28 bits per heavy atom. The molecule has 0 radical (unpaired) electrons. The van der Waals surface area contributed by atoms with Gasteiger partial charge in [-0.3, -0.25) is 0 Å². The van der Waals surface area contributed by atoms with Crippen LogP contribution in [0.4, 0.5) is 0 Å². The van der Waals surface area contributed by atoms with Crippen molar-refractivity contribution in [3.8, 4) is 0 Å². The zero-order chi connectivity index (χ0) is 13.9. The van der Waals surface area contributed by atoms with E-state index in [2.05, 4.69) is 20.8 Å². The Balaban J connectivity index is 2.80. The number of methoxy groups -OCH3 is 1. The van der Waals surface area contributed by atoms with Gasteiger partial charge in [0.05, 0.1) is 16.1 Å². The third-order valence-electron chi connectivity index (χ3n) is 2.95. The van der Waals surface area contributed by atoms with Crippen LogP contribution in [0.15, 0.2) is 18.2 Å². The van der Waals surface area contributed by atoms with Gasteiger partial charge in [0.25, 0.3) is 0 Å². The van der Waals surface area contributed by atoms with Crippen molar-refractivity contribution in [2.75, 3.05) is 7.11 Å². The van der Waals surface area contributed by atoms with E-state index in [9.17, 15) is 0 Å². The van der Waals surface area contributed by atoms with Gasteiger partial charge in [-0.1, -0.05) is 50.0 Å². The molecule has 0 heterocycles. The van der Waals surface area contributed by atoms with Crippen LogP contribution in [0.25, 0.3) is 0 Å². The van der Waals surface area contributed by atoms with Crippen molar-refractivity contribution in [1.29, 1.82) is 0 Å². The van der Waals surface area contributed by atoms with E-state index >= 15 is 0 Å². The van der Waals surface area contributed by atoms with Crippen molar-refractivity contribution < 1.29 is 4.74 Å². The summed E-state index contributed by atoms with van der Waals surface area (Å²) in [7, 11) is 1.70. The molecule has 102 valence electrons. The fourth-order valence-corrected chi connectivity index (χ4v) is 2.54. The molecule has 2 N–H and O–H groups in total. The molecule has 0 amide bonds. The summed E-state index contributed by atoms with van der Waals surface area (Å²) < 4.78 is 5.52. The second kappa shape index (κ2) is 6.25. The summed E-state index contributed by atoms with van der Waals surface area (Å²) in [5.41, 5.74) is 7.31. The summed E-state index contributed by atoms with van der Waals surface area (Å²) in [6.07, 6.45) is 0.707. The SMILES string of the molecule is COC(C(N)Cc1ccc(Cl)c(Cl)c1)C(C)(C)C. The molecule has 0 aliphatic carbocycles. The van der Waals surface area contributed by atoms with Crippen molar-refractivity contribution >= 4 is 23.2 Å². The lowest BCUT2D eigenvalue weighted by molar-refractivity contribution is -0.00165. The highest BCUT2D eigenvalue weighted by molar-refractivity contribution is 6.42. The molecule has 1 rings (SSSR count). The Hall–Kier alpha value is -0.280. The quantitative estimate of drug-likeness (QED) is 0.912. The average molecular weight is 290 g/mol. The summed E-state index contributed by atoms with van der Waals surface area (Å²) in [6, 6.07) is 5.53. The van der Waals surface area contributed by atoms with E-state index in [0.29, 0.717) is 16.5 Å². The van der Waals surface area contributed by atoms with Crippen LogP contribution in [-0.4, -0.2) is 19.3 Å². The average Bonchev–Trinajstić information content (AvgIpc) is 2.22. The smallest absolute Gasteiger partial charge is 0.0773 e. The minimum atomic E-state index is -0.0766. The second-order valence-electron chi connectivity index (χ2n) is 5.64. The van der Waals surface area contributed by atoms with Gasteiger partial charge in [0, 0.05) is 13.2 Å². The molecule has 0 fully saturated rings. The third-order valence-corrected chi connectivity index (χ3v) is 3.69. The van der Waals surface area contributed by atoms with Gasteiger partial charge >= 0.3 is 0 Å². The Morgan fingerprint density at radius 2 is 1.83 bits per heavy atom. The molecule has 2 nitrogen and oxygen atoms in total. The molecule has 2 unspecified atom stereocenters. The van der Waals surface area contributed by atoms with Gasteiger partial charge < -0.3 is 10.5 Å². The van der Waals surface area contributed by atoms with Crippen LogP contribution >= 0.6 is 23.2 Å². The summed E-state index contributed by atoms with van der Waals surface area (Å²) in [5, 5.41) is 1.12. The van der Waals surface area contributed by atoms with Gasteiger partial charge in [-0.2, -0.15) is 0 Å². The van der Waals surface area contributed by atoms with Crippen LogP contribution in [0, 0.1) is 5.41 Å². The van der Waals surface area contributed by atoms with Crippen LogP contribution in [0.5, 0.6) is 0 Å². The molecule has 0 bridgehead atoms. The molecule has 1 aromatic carbocycles. The Morgan fingerprint density at radius 1 is 1.22 bits per heavy atom. The zero-order valence-electron chi connectivity index (χ0n) is 11.3. The van der Waals surface area contributed by atoms with Crippen molar-refractivity contribution in [1.82, 2.24) is 0 Å². The van der Waals surface area contributed by atoms with Gasteiger partial charge in [-0.05, 0) is 29.5 Å². The van der Waals surface area contributed by atoms with Gasteiger partial charge in [0.1, 0.15) is 0 Å². The Labute approximate surface area is 119 Å². The maximum Gasteiger partial charge on any atom is 0.0773 e. The number of hydrogen-bond donors (Lipinski definition) is 1. The lowest BCUT2D eigenvalue weighted by Gasteiger charge is -2.34. The molecule has 0 aromatic heterocycles. The third kappa shape index (κ3) is 4.13. The van der Waals surface area contributed by atoms with E-state index in [1.54, 1.807) is 13.2 Å². The normalized spacial score (nSPS) is 15.5. The van der Waals surface area contributed by atoms with Crippen molar-refractivity contribution in [3.05, 3.63) is 33.8 Å². The first-order chi connectivity index (χ1) is 8.25. The van der Waals surface area contributed by atoms with Crippen LogP contribution in [0.3, 0.4) is 0 Å². The van der Waals surface area contributed by atoms with Crippen molar-refractivity contribution in [2.24, 2.45) is 11.1 Å². The number of rotatable bonds is 4. The number of benzene rings is 1. The molecule has 4 heteroatoms. The monoisotopic (exact) mass is 289 g/mol. The topological polar surface area (TPSA) is 35.2 Å². The lowest BCUT2D eigenvalue weighted by Crippen LogP contribution is -2.46. The van der Waals surface area contributed by atoms with Crippen LogP contribution < -0.4 is 5.73 Å². The highest BCUT2D eigenvalue weighted by Crippen LogP contribution is 2.27. The highest BCUT2D eigenvalue weighted by atomic mass is 35.5. The fourth-order valence-electron chi connectivity index (χ4n) is 2.22. The first-order valence-corrected chi connectivity index (χ1v) is 6.73. The minimum absolute atomic E-state index is 0.00435. The van der Waals surface area contributed by atoms with E-state index in [1.165, 1.54) is 0 Å². The number of halogens is 2. The van der Waals surface area contributed by atoms with Gasteiger partial charge in [0.15, 0.2) is 0 Å². The van der Waals surface area contributed by atoms with E-state index in [-0.39, 0.29) is 17.6 Å². The molecule has 2 atom stereocenters. The maximum atomic E-state index is 6.23. The predicted molar refractivity (Wildman–Crippen MR) is 78.4 cm³/mol. The lowest BCUT2D eigenvalue weighted by atomic mass is 9.83. The molecule has 0 spiro atoms. The summed E-state index contributed by atoms with van der Waals surface area (Å²) in [6.45, 7) is 6.36. The first kappa shape index (κ1) is 15.8. The minimum Gasteiger partial charge on any atom is -0.379 e. The molecular formula is C14H21Cl2NO. The van der Waals surface area contributed by atoms with Gasteiger partial charge in [-0.25, -0.2) is 0 Å². The zero-order valence-corrected chi connectivity index (χ0v) is 12.8. The standard InChI is InChI=1S/C14H21Cl2NO/c1-14(2,3)13(18-4)12(17)8-9-5-6-10(15)11(16)7-9/h5-7,12-13H,8,17H2,1-4H3. The Kier molecular flexibility index (Phi) is 5.47. The Bertz CT molecular complexity index is 401. The van der Waals surface area contributed by atoms with Crippen molar-refractivity contribution in [2.45, 2.75) is 39.3 Å². The second-order valence-corrected chi connectivity index (χ2v) is 6.45. The van der Waals surface area contributed by atoms with Gasteiger partial charge in [-0.15, -0.1) is 0 Å². The molecular weight excluding hydrogens is 269 g/mol. The predicted octanol–water partition coefficient (Wildman–Crippen LogP) is 3.92. The van der Waals surface area contributed by atoms with Crippen LogP contribution in [-0.2, 0) is 11.2 Å². The van der Waals surface area contributed by atoms with Crippen molar-refractivity contribution in [3.63, 3.8) is 0 Å². The molecule has 1 aromatic rings.